The molecule has 0 aliphatic carbocycles. The fourth-order valence-corrected chi connectivity index (χ4v) is 1.99. The predicted molar refractivity (Wildman–Crippen MR) is 78.6 cm³/mol. The van der Waals surface area contributed by atoms with Crippen LogP contribution in [0.25, 0.3) is 0 Å². The van der Waals surface area contributed by atoms with E-state index < -0.39 is 11.7 Å². The molecule has 1 aromatic carbocycles. The molecule has 116 valence electrons. The second-order valence-electron chi connectivity index (χ2n) is 4.13. The molecule has 1 aromatic heterocycles. The third-order valence-electron chi connectivity index (χ3n) is 2.53. The molecule has 0 radical (unpaired) electrons. The van der Waals surface area contributed by atoms with Gasteiger partial charge in [0.15, 0.2) is 0 Å². The van der Waals surface area contributed by atoms with Crippen LogP contribution in [-0.2, 0) is 6.18 Å². The number of nitrogens with zero attached hydrogens (tertiary/aromatic N) is 2. The molecule has 0 fully saturated rings. The predicted octanol–water partition coefficient (Wildman–Crippen LogP) is 4.56. The highest BCUT2D eigenvalue weighted by molar-refractivity contribution is 6.36. The first-order valence-electron chi connectivity index (χ1n) is 5.77. The van der Waals surface area contributed by atoms with Crippen LogP contribution in [-0.4, -0.2) is 16.3 Å². The highest BCUT2D eigenvalue weighted by Crippen LogP contribution is 2.30. The van der Waals surface area contributed by atoms with Crippen molar-refractivity contribution in [1.29, 1.82) is 0 Å². The van der Waals surface area contributed by atoms with Crippen molar-refractivity contribution in [3.63, 3.8) is 0 Å². The summed E-state index contributed by atoms with van der Waals surface area (Å²) in [5.74, 6) is -0.103. The number of nitrogens with one attached hydrogen (secondary N) is 1. The molecule has 0 aliphatic rings. The number of aromatic nitrogens is 1. The minimum Gasteiger partial charge on any atom is -0.506 e. The number of halogens is 5. The topological polar surface area (TPSA) is 57.5 Å². The van der Waals surface area contributed by atoms with E-state index in [2.05, 4.69) is 15.5 Å². The van der Waals surface area contributed by atoms with Crippen LogP contribution >= 0.6 is 23.2 Å². The van der Waals surface area contributed by atoms with Gasteiger partial charge in [-0.3, -0.25) is 5.43 Å². The molecular formula is C13H8Cl2F3N3O. The number of phenols is 1. The van der Waals surface area contributed by atoms with Crippen LogP contribution in [0.5, 0.6) is 5.75 Å². The van der Waals surface area contributed by atoms with Gasteiger partial charge in [-0.2, -0.15) is 18.3 Å². The van der Waals surface area contributed by atoms with Gasteiger partial charge in [0.25, 0.3) is 0 Å². The highest BCUT2D eigenvalue weighted by atomic mass is 35.5. The smallest absolute Gasteiger partial charge is 0.417 e. The molecule has 0 unspecified atom stereocenters. The molecule has 0 saturated carbocycles. The van der Waals surface area contributed by atoms with Crippen LogP contribution in [0.1, 0.15) is 11.1 Å². The lowest BCUT2D eigenvalue weighted by molar-refractivity contribution is -0.137. The zero-order valence-corrected chi connectivity index (χ0v) is 12.2. The molecule has 0 bridgehead atoms. The second-order valence-corrected chi connectivity index (χ2v) is 4.97. The summed E-state index contributed by atoms with van der Waals surface area (Å²) in [6.45, 7) is 0. The van der Waals surface area contributed by atoms with Crippen molar-refractivity contribution in [2.75, 3.05) is 5.43 Å². The Morgan fingerprint density at radius 3 is 2.55 bits per heavy atom. The number of alkyl halides is 3. The largest absolute Gasteiger partial charge is 0.506 e. The van der Waals surface area contributed by atoms with Gasteiger partial charge in [0, 0.05) is 16.8 Å². The molecule has 0 saturated heterocycles. The molecule has 0 aliphatic heterocycles. The van der Waals surface area contributed by atoms with Crippen molar-refractivity contribution in [2.45, 2.75) is 6.18 Å². The summed E-state index contributed by atoms with van der Waals surface area (Å²) in [6.07, 6.45) is -2.55. The number of phenolic OH excluding ortho intramolecular Hbond substituents is 1. The third-order valence-corrected chi connectivity index (χ3v) is 3.04. The van der Waals surface area contributed by atoms with E-state index in [1.54, 1.807) is 0 Å². The number of hydrogen-bond acceptors (Lipinski definition) is 4. The Kier molecular flexibility index (Phi) is 4.77. The first kappa shape index (κ1) is 16.4. The minimum atomic E-state index is -4.45. The minimum absolute atomic E-state index is 0.0570. The zero-order valence-electron chi connectivity index (χ0n) is 10.7. The number of benzene rings is 1. The summed E-state index contributed by atoms with van der Waals surface area (Å²) < 4.78 is 37.1. The Bertz CT molecular complexity index is 703. The number of anilines is 1. The van der Waals surface area contributed by atoms with Gasteiger partial charge in [0.1, 0.15) is 11.6 Å². The number of aromatic hydroxyl groups is 1. The summed E-state index contributed by atoms with van der Waals surface area (Å²) in [5.41, 5.74) is 1.82. The number of hydrogen-bond donors (Lipinski definition) is 2. The Hall–Kier alpha value is -1.99. The van der Waals surface area contributed by atoms with Crippen molar-refractivity contribution < 1.29 is 18.3 Å². The van der Waals surface area contributed by atoms with E-state index in [4.69, 9.17) is 23.2 Å². The standard InChI is InChI=1S/C13H8Cl2F3N3O/c14-9-3-7(12(22)10(15)4-9)5-20-21-11-2-1-8(6-19-11)13(16,17)18/h1-6,22H,(H,19,21)/b20-5+. The van der Waals surface area contributed by atoms with Gasteiger partial charge in [0.05, 0.1) is 16.8 Å². The lowest BCUT2D eigenvalue weighted by Gasteiger charge is -2.06. The number of hydrazone groups is 1. The molecule has 4 nitrogen and oxygen atoms in total. The van der Waals surface area contributed by atoms with Gasteiger partial charge in [-0.25, -0.2) is 4.98 Å². The molecule has 2 rings (SSSR count). The first-order chi connectivity index (χ1) is 10.3. The van der Waals surface area contributed by atoms with Crippen molar-refractivity contribution >= 4 is 35.2 Å². The van der Waals surface area contributed by atoms with Gasteiger partial charge in [-0.15, -0.1) is 0 Å². The highest BCUT2D eigenvalue weighted by Gasteiger charge is 2.30. The first-order valence-corrected chi connectivity index (χ1v) is 6.53. The Morgan fingerprint density at radius 2 is 1.95 bits per heavy atom. The van der Waals surface area contributed by atoms with Crippen molar-refractivity contribution in [1.82, 2.24) is 4.98 Å². The maximum atomic E-state index is 12.4. The van der Waals surface area contributed by atoms with Crippen LogP contribution in [0.2, 0.25) is 10.0 Å². The van der Waals surface area contributed by atoms with Crippen LogP contribution in [0.4, 0.5) is 19.0 Å². The molecule has 22 heavy (non-hydrogen) atoms. The average Bonchev–Trinajstić information content (AvgIpc) is 2.43. The van der Waals surface area contributed by atoms with E-state index in [1.165, 1.54) is 18.3 Å². The van der Waals surface area contributed by atoms with E-state index in [-0.39, 0.29) is 22.2 Å². The monoisotopic (exact) mass is 349 g/mol. The van der Waals surface area contributed by atoms with Gasteiger partial charge in [-0.1, -0.05) is 23.2 Å². The Balaban J connectivity index is 2.10. The van der Waals surface area contributed by atoms with E-state index >= 15 is 0 Å². The fraction of sp³-hybridized carbons (Fsp3) is 0.0769. The van der Waals surface area contributed by atoms with Crippen LogP contribution < -0.4 is 5.43 Å². The van der Waals surface area contributed by atoms with Crippen molar-refractivity contribution in [2.24, 2.45) is 5.10 Å². The van der Waals surface area contributed by atoms with E-state index in [1.807, 2.05) is 0 Å². The molecule has 2 aromatic rings. The van der Waals surface area contributed by atoms with Gasteiger partial charge in [0.2, 0.25) is 0 Å². The summed E-state index contributed by atoms with van der Waals surface area (Å²) in [7, 11) is 0. The van der Waals surface area contributed by atoms with E-state index in [0.717, 1.165) is 12.1 Å². The normalized spacial score (nSPS) is 11.9. The number of pyridine rings is 1. The molecule has 1 heterocycles. The third kappa shape index (κ3) is 4.02. The van der Waals surface area contributed by atoms with Crippen molar-refractivity contribution in [3.8, 4) is 5.75 Å². The van der Waals surface area contributed by atoms with Crippen LogP contribution in [0.15, 0.2) is 35.6 Å². The van der Waals surface area contributed by atoms with Gasteiger partial charge < -0.3 is 5.11 Å². The zero-order chi connectivity index (χ0) is 16.3. The number of rotatable bonds is 3. The maximum Gasteiger partial charge on any atom is 0.417 e. The molecule has 9 heteroatoms. The van der Waals surface area contributed by atoms with E-state index in [0.29, 0.717) is 11.2 Å². The fourth-order valence-electron chi connectivity index (χ4n) is 1.48. The van der Waals surface area contributed by atoms with Crippen LogP contribution in [0, 0.1) is 0 Å². The summed E-state index contributed by atoms with van der Waals surface area (Å²) in [4.78, 5) is 3.57. The van der Waals surface area contributed by atoms with Crippen molar-refractivity contribution in [3.05, 3.63) is 51.6 Å². The Morgan fingerprint density at radius 1 is 1.23 bits per heavy atom. The van der Waals surface area contributed by atoms with Crippen LogP contribution in [0.3, 0.4) is 0 Å². The lowest BCUT2D eigenvalue weighted by atomic mass is 10.2. The second kappa shape index (κ2) is 6.41. The molecular weight excluding hydrogens is 342 g/mol. The van der Waals surface area contributed by atoms with E-state index in [9.17, 15) is 18.3 Å². The summed E-state index contributed by atoms with van der Waals surface area (Å²) >= 11 is 11.5. The van der Waals surface area contributed by atoms with Gasteiger partial charge >= 0.3 is 6.18 Å². The average molecular weight is 350 g/mol. The lowest BCUT2D eigenvalue weighted by Crippen LogP contribution is -2.05. The molecule has 0 spiro atoms. The Labute approximate surface area is 133 Å². The quantitative estimate of drug-likeness (QED) is 0.630. The molecule has 0 atom stereocenters. The SMILES string of the molecule is Oc1c(Cl)cc(Cl)cc1/C=N/Nc1ccc(C(F)(F)F)cn1. The summed E-state index contributed by atoms with van der Waals surface area (Å²) in [6, 6.07) is 4.79. The summed E-state index contributed by atoms with van der Waals surface area (Å²) in [5, 5.41) is 13.8. The molecule has 0 amide bonds. The van der Waals surface area contributed by atoms with Gasteiger partial charge in [-0.05, 0) is 24.3 Å². The molecule has 2 N–H and O–H groups in total. The maximum absolute atomic E-state index is 12.4.